The number of carboxylic acid groups (broad SMARTS) is 2. The molecule has 1 fully saturated rings. The van der Waals surface area contributed by atoms with Gasteiger partial charge >= 0.3 is 6.16 Å². The number of hydrogen-bond acceptors (Lipinski definition) is 7. The Morgan fingerprint density at radius 1 is 1.06 bits per heavy atom. The van der Waals surface area contributed by atoms with Gasteiger partial charge in [-0.3, -0.25) is 4.79 Å². The molecule has 0 bridgehead atoms. The standard InChI is InChI=1S/C24H26N6O2.CH2O3/c1-15(32)21-22(17-9-7-16(14-31)8-10-17)28-24-20(12-27-30(24)23(21)25)18-11-26-29(13-18)19-5-3-2-4-6-19;2-1(3)4/h2-6,11-13,16-17,31H,7-10,14,25H2,1H3;(H2,2,3,4). The fraction of sp³-hybridized carbons (Fsp3) is 0.320. The SMILES string of the molecule is CC(=O)c1c(C2CCC(CO)CC2)nc2c(-c3cnn(-c4ccccc4)c3)cnn2c1N.O=C(O)O. The van der Waals surface area contributed by atoms with Crippen molar-refractivity contribution in [3.05, 3.63) is 60.2 Å². The molecule has 5 rings (SSSR count). The van der Waals surface area contributed by atoms with E-state index in [0.29, 0.717) is 22.9 Å². The average molecular weight is 493 g/mol. The summed E-state index contributed by atoms with van der Waals surface area (Å²) in [6.45, 7) is 1.73. The minimum Gasteiger partial charge on any atom is -0.450 e. The second-order valence-electron chi connectivity index (χ2n) is 8.80. The maximum absolute atomic E-state index is 12.5. The van der Waals surface area contributed by atoms with Crippen LogP contribution in [0.25, 0.3) is 22.5 Å². The highest BCUT2D eigenvalue weighted by atomic mass is 16.6. The van der Waals surface area contributed by atoms with Gasteiger partial charge in [0.15, 0.2) is 11.4 Å². The van der Waals surface area contributed by atoms with Crippen molar-refractivity contribution in [1.82, 2.24) is 24.4 Å². The molecule has 11 nitrogen and oxygen atoms in total. The van der Waals surface area contributed by atoms with Crippen LogP contribution in [0.2, 0.25) is 0 Å². The van der Waals surface area contributed by atoms with Gasteiger partial charge in [-0.25, -0.2) is 14.5 Å². The fourth-order valence-electron chi connectivity index (χ4n) is 4.70. The minimum absolute atomic E-state index is 0.106. The molecule has 0 amide bonds. The van der Waals surface area contributed by atoms with Crippen molar-refractivity contribution >= 4 is 23.4 Å². The molecular weight excluding hydrogens is 464 g/mol. The Kier molecular flexibility index (Phi) is 7.30. The van der Waals surface area contributed by atoms with E-state index >= 15 is 0 Å². The van der Waals surface area contributed by atoms with E-state index in [9.17, 15) is 9.90 Å². The first-order valence-corrected chi connectivity index (χ1v) is 11.6. The first-order chi connectivity index (χ1) is 17.3. The smallest absolute Gasteiger partial charge is 0.450 e. The zero-order chi connectivity index (χ0) is 25.8. The van der Waals surface area contributed by atoms with Gasteiger partial charge in [0.25, 0.3) is 0 Å². The first-order valence-electron chi connectivity index (χ1n) is 11.6. The van der Waals surface area contributed by atoms with Crippen LogP contribution in [0.5, 0.6) is 0 Å². The predicted molar refractivity (Wildman–Crippen MR) is 132 cm³/mol. The number of anilines is 1. The molecule has 1 saturated carbocycles. The molecule has 1 aliphatic carbocycles. The summed E-state index contributed by atoms with van der Waals surface area (Å²) in [5, 5.41) is 32.4. The monoisotopic (exact) mass is 492 g/mol. The number of aliphatic hydroxyl groups excluding tert-OH is 1. The number of hydrogen-bond donors (Lipinski definition) is 4. The van der Waals surface area contributed by atoms with E-state index in [1.165, 1.54) is 6.92 Å². The van der Waals surface area contributed by atoms with Crippen molar-refractivity contribution in [2.45, 2.75) is 38.5 Å². The number of aliphatic hydroxyl groups is 1. The van der Waals surface area contributed by atoms with E-state index in [1.807, 2.05) is 41.2 Å². The fourth-order valence-corrected chi connectivity index (χ4v) is 4.70. The summed E-state index contributed by atoms with van der Waals surface area (Å²) >= 11 is 0. The van der Waals surface area contributed by atoms with Gasteiger partial charge in [0.1, 0.15) is 5.82 Å². The van der Waals surface area contributed by atoms with E-state index < -0.39 is 6.16 Å². The number of carbonyl (C=O) groups excluding carboxylic acids is 1. The number of para-hydroxylation sites is 1. The molecule has 5 N–H and O–H groups in total. The second-order valence-corrected chi connectivity index (χ2v) is 8.80. The van der Waals surface area contributed by atoms with Crippen LogP contribution in [0, 0.1) is 5.92 Å². The summed E-state index contributed by atoms with van der Waals surface area (Å²) in [5.41, 5.74) is 10.9. The van der Waals surface area contributed by atoms with Crippen LogP contribution in [0.1, 0.15) is 54.6 Å². The molecule has 3 heterocycles. The van der Waals surface area contributed by atoms with Crippen molar-refractivity contribution in [3.63, 3.8) is 0 Å². The summed E-state index contributed by atoms with van der Waals surface area (Å²) in [6.07, 6.45) is 7.21. The van der Waals surface area contributed by atoms with Crippen molar-refractivity contribution < 1.29 is 24.9 Å². The maximum atomic E-state index is 12.5. The van der Waals surface area contributed by atoms with Crippen LogP contribution in [-0.2, 0) is 0 Å². The first kappa shape index (κ1) is 24.9. The van der Waals surface area contributed by atoms with Crippen LogP contribution in [-0.4, -0.2) is 58.2 Å². The lowest BCUT2D eigenvalue weighted by molar-refractivity contribution is 0.101. The molecule has 0 saturated heterocycles. The lowest BCUT2D eigenvalue weighted by Crippen LogP contribution is -2.21. The third-order valence-corrected chi connectivity index (χ3v) is 6.47. The summed E-state index contributed by atoms with van der Waals surface area (Å²) in [5.74, 6) is 0.676. The van der Waals surface area contributed by atoms with Gasteiger partial charge in [-0.1, -0.05) is 18.2 Å². The average Bonchev–Trinajstić information content (AvgIpc) is 3.51. The number of nitrogens with two attached hydrogens (primary N) is 1. The van der Waals surface area contributed by atoms with Crippen LogP contribution < -0.4 is 5.73 Å². The topological polar surface area (TPSA) is 169 Å². The van der Waals surface area contributed by atoms with Crippen LogP contribution in [0.15, 0.2) is 48.9 Å². The van der Waals surface area contributed by atoms with E-state index in [1.54, 1.807) is 16.9 Å². The van der Waals surface area contributed by atoms with Gasteiger partial charge in [-0.2, -0.15) is 14.7 Å². The molecule has 0 atom stereocenters. The van der Waals surface area contributed by atoms with Crippen LogP contribution >= 0.6 is 0 Å². The van der Waals surface area contributed by atoms with E-state index in [4.69, 9.17) is 25.7 Å². The van der Waals surface area contributed by atoms with Gasteiger partial charge in [-0.05, 0) is 50.7 Å². The van der Waals surface area contributed by atoms with Crippen LogP contribution in [0.3, 0.4) is 0 Å². The predicted octanol–water partition coefficient (Wildman–Crippen LogP) is 3.86. The second kappa shape index (κ2) is 10.6. The highest BCUT2D eigenvalue weighted by Crippen LogP contribution is 2.38. The van der Waals surface area contributed by atoms with Crippen LogP contribution in [0.4, 0.5) is 10.6 Å². The molecule has 0 radical (unpaired) electrons. The lowest BCUT2D eigenvalue weighted by Gasteiger charge is -2.28. The molecule has 188 valence electrons. The maximum Gasteiger partial charge on any atom is 0.503 e. The summed E-state index contributed by atoms with van der Waals surface area (Å²) in [4.78, 5) is 26.0. The Labute approximate surface area is 206 Å². The van der Waals surface area contributed by atoms with E-state index in [2.05, 4.69) is 10.2 Å². The van der Waals surface area contributed by atoms with Gasteiger partial charge in [-0.15, -0.1) is 0 Å². The molecule has 4 aromatic rings. The Morgan fingerprint density at radius 2 is 1.72 bits per heavy atom. The molecule has 3 aromatic heterocycles. The molecule has 11 heteroatoms. The van der Waals surface area contributed by atoms with Gasteiger partial charge in [0.2, 0.25) is 0 Å². The Hall–Kier alpha value is -4.25. The number of aromatic nitrogens is 5. The summed E-state index contributed by atoms with van der Waals surface area (Å²) < 4.78 is 3.36. The number of nitrogen functional groups attached to an aromatic ring is 1. The largest absolute Gasteiger partial charge is 0.503 e. The third-order valence-electron chi connectivity index (χ3n) is 6.47. The number of benzene rings is 1. The number of Topliss-reactive ketones (excluding diaryl/α,β-unsaturated/α-hetero) is 1. The number of carbonyl (C=O) groups is 2. The minimum atomic E-state index is -1.83. The lowest BCUT2D eigenvalue weighted by atomic mass is 9.79. The molecule has 36 heavy (non-hydrogen) atoms. The molecule has 1 aromatic carbocycles. The van der Waals surface area contributed by atoms with Crippen molar-refractivity contribution in [1.29, 1.82) is 0 Å². The van der Waals surface area contributed by atoms with Crippen molar-refractivity contribution in [2.24, 2.45) is 5.92 Å². The molecule has 0 unspecified atom stereocenters. The van der Waals surface area contributed by atoms with Gasteiger partial charge < -0.3 is 21.1 Å². The normalized spacial score (nSPS) is 17.4. The number of fused-ring (bicyclic) bond motifs is 1. The number of nitrogens with zero attached hydrogens (tertiary/aromatic N) is 5. The quantitative estimate of drug-likeness (QED) is 0.302. The Morgan fingerprint density at radius 3 is 2.33 bits per heavy atom. The summed E-state index contributed by atoms with van der Waals surface area (Å²) in [6, 6.07) is 9.88. The van der Waals surface area contributed by atoms with E-state index in [0.717, 1.165) is 48.2 Å². The van der Waals surface area contributed by atoms with Gasteiger partial charge in [0, 0.05) is 29.8 Å². The Balaban J connectivity index is 0.000000709. The molecular formula is C25H28N6O5. The van der Waals surface area contributed by atoms with Crippen molar-refractivity contribution in [2.75, 3.05) is 12.3 Å². The highest BCUT2D eigenvalue weighted by molar-refractivity contribution is 6.00. The zero-order valence-electron chi connectivity index (χ0n) is 19.8. The highest BCUT2D eigenvalue weighted by Gasteiger charge is 2.29. The number of rotatable bonds is 5. The zero-order valence-corrected chi connectivity index (χ0v) is 19.8. The van der Waals surface area contributed by atoms with Gasteiger partial charge in [0.05, 0.1) is 29.3 Å². The summed E-state index contributed by atoms with van der Waals surface area (Å²) in [7, 11) is 0. The van der Waals surface area contributed by atoms with E-state index in [-0.39, 0.29) is 18.3 Å². The molecule has 1 aliphatic rings. The Bertz CT molecular complexity index is 1370. The number of ketones is 1. The third kappa shape index (κ3) is 5.05. The van der Waals surface area contributed by atoms with Crippen molar-refractivity contribution in [3.8, 4) is 16.8 Å². The molecule has 0 aliphatic heterocycles. The molecule has 0 spiro atoms.